The van der Waals surface area contributed by atoms with Crippen LogP contribution in [0.1, 0.15) is 31.4 Å². The van der Waals surface area contributed by atoms with Crippen LogP contribution in [0.4, 0.5) is 8.78 Å². The molecule has 0 fully saturated rings. The molecule has 1 N–H and O–H groups in total. The molecule has 1 rings (SSSR count). The normalized spacial score (nSPS) is 16.8. The van der Waals surface area contributed by atoms with Gasteiger partial charge in [-0.1, -0.05) is 46.6 Å². The summed E-state index contributed by atoms with van der Waals surface area (Å²) in [6.45, 7) is 3.12. The van der Waals surface area contributed by atoms with Crippen molar-refractivity contribution in [2.75, 3.05) is 0 Å². The third-order valence-corrected chi connectivity index (χ3v) is 5.32. The van der Waals surface area contributed by atoms with Gasteiger partial charge in [0.25, 0.3) is 0 Å². The molecule has 1 aromatic carbocycles. The van der Waals surface area contributed by atoms with Crippen LogP contribution in [0.5, 0.6) is 0 Å². The Morgan fingerprint density at radius 3 is 2.60 bits per heavy atom. The molecule has 3 nitrogen and oxygen atoms in total. The third-order valence-electron chi connectivity index (χ3n) is 2.76. The van der Waals surface area contributed by atoms with Gasteiger partial charge in [-0.25, -0.2) is 0 Å². The fraction of sp³-hybridized carbons (Fsp3) is 0.500. The molecule has 8 heteroatoms. The van der Waals surface area contributed by atoms with Gasteiger partial charge >= 0.3 is 13.3 Å². The van der Waals surface area contributed by atoms with Crippen molar-refractivity contribution < 1.29 is 22.8 Å². The quantitative estimate of drug-likeness (QED) is 0.530. The molecule has 0 spiro atoms. The summed E-state index contributed by atoms with van der Waals surface area (Å²) >= 11 is 8.95. The molecule has 0 radical (unpaired) electrons. The first-order valence-electron chi connectivity index (χ1n) is 5.89. The number of hydrogen-bond acceptors (Lipinski definition) is 2. The molecule has 0 aliphatic carbocycles. The molecule has 114 valence electrons. The first kappa shape index (κ1) is 18.1. The second-order valence-electron chi connectivity index (χ2n) is 4.33. The maximum Gasteiger partial charge on any atom is 0.402 e. The Bertz CT molecular complexity index is 527. The van der Waals surface area contributed by atoms with Crippen LogP contribution in [0.2, 0.25) is 5.02 Å². The molecule has 0 aromatic heterocycles. The van der Waals surface area contributed by atoms with E-state index in [1.165, 1.54) is 19.1 Å². The van der Waals surface area contributed by atoms with Crippen molar-refractivity contribution >= 4 is 35.1 Å². The Kier molecular flexibility index (Phi) is 6.17. The van der Waals surface area contributed by atoms with E-state index in [1.807, 2.05) is 0 Å². The van der Waals surface area contributed by atoms with Gasteiger partial charge in [0.1, 0.15) is 0 Å². The predicted octanol–water partition coefficient (Wildman–Crippen LogP) is 5.28. The third kappa shape index (κ3) is 3.80. The molecule has 0 saturated carbocycles. The van der Waals surface area contributed by atoms with Gasteiger partial charge in [0.15, 0.2) is 0 Å². The number of rotatable bonds is 6. The van der Waals surface area contributed by atoms with E-state index in [-0.39, 0.29) is 5.02 Å². The smallest absolute Gasteiger partial charge is 0.320 e. The van der Waals surface area contributed by atoms with Crippen LogP contribution >= 0.6 is 35.1 Å². The molecule has 1 aromatic rings. The van der Waals surface area contributed by atoms with Gasteiger partial charge in [0, 0.05) is 5.33 Å². The summed E-state index contributed by atoms with van der Waals surface area (Å²) in [6, 6.07) is 3.78. The minimum atomic E-state index is -5.17. The summed E-state index contributed by atoms with van der Waals surface area (Å²) in [7, 11) is -5.17. The number of benzene rings is 1. The molecule has 20 heavy (non-hydrogen) atoms. The Hall–Kier alpha value is -0.0000000000000000555. The van der Waals surface area contributed by atoms with Gasteiger partial charge in [-0.15, -0.1) is 0 Å². The molecule has 0 aliphatic rings. The first-order valence-corrected chi connectivity index (χ1v) is 8.97. The van der Waals surface area contributed by atoms with Gasteiger partial charge in [0.05, 0.1) is 16.7 Å². The molecule has 0 amide bonds. The summed E-state index contributed by atoms with van der Waals surface area (Å²) in [6.07, 6.45) is -0.408. The highest BCUT2D eigenvalue weighted by atomic mass is 79.9. The molecular formula is C12H15BrClF2O3P. The van der Waals surface area contributed by atoms with Gasteiger partial charge < -0.3 is 9.42 Å². The zero-order chi connectivity index (χ0) is 15.6. The highest BCUT2D eigenvalue weighted by Crippen LogP contribution is 2.64. The number of halogens is 4. The van der Waals surface area contributed by atoms with Crippen molar-refractivity contribution in [1.29, 1.82) is 0 Å². The lowest BCUT2D eigenvalue weighted by Gasteiger charge is -2.25. The molecule has 0 heterocycles. The van der Waals surface area contributed by atoms with E-state index in [9.17, 15) is 18.2 Å². The van der Waals surface area contributed by atoms with Crippen LogP contribution in [0.25, 0.3) is 0 Å². The van der Waals surface area contributed by atoms with Crippen LogP contribution < -0.4 is 0 Å². The Morgan fingerprint density at radius 2 is 2.15 bits per heavy atom. The second-order valence-corrected chi connectivity index (χ2v) is 7.11. The maximum absolute atomic E-state index is 14.2. The number of alkyl halides is 3. The van der Waals surface area contributed by atoms with E-state index in [2.05, 4.69) is 20.5 Å². The van der Waals surface area contributed by atoms with E-state index in [0.29, 0.717) is 17.3 Å². The van der Waals surface area contributed by atoms with Crippen molar-refractivity contribution in [2.45, 2.75) is 37.4 Å². The Labute approximate surface area is 129 Å². The molecule has 0 aliphatic heterocycles. The van der Waals surface area contributed by atoms with Crippen molar-refractivity contribution in [3.8, 4) is 0 Å². The average Bonchev–Trinajstić information content (AvgIpc) is 2.37. The largest absolute Gasteiger partial charge is 0.402 e. The predicted molar refractivity (Wildman–Crippen MR) is 78.6 cm³/mol. The lowest BCUT2D eigenvalue weighted by molar-refractivity contribution is 0.0347. The summed E-state index contributed by atoms with van der Waals surface area (Å²) in [5.74, 6) is 0. The van der Waals surface area contributed by atoms with Crippen LogP contribution in [0.15, 0.2) is 18.2 Å². The summed E-state index contributed by atoms with van der Waals surface area (Å²) in [5.41, 5.74) is -4.08. The van der Waals surface area contributed by atoms with Crippen molar-refractivity contribution in [2.24, 2.45) is 0 Å². The lowest BCUT2D eigenvalue weighted by atomic mass is 10.1. The van der Waals surface area contributed by atoms with Crippen LogP contribution in [0.3, 0.4) is 0 Å². The fourth-order valence-electron chi connectivity index (χ4n) is 1.42. The minimum Gasteiger partial charge on any atom is -0.320 e. The zero-order valence-corrected chi connectivity index (χ0v) is 14.2. The van der Waals surface area contributed by atoms with Gasteiger partial charge in [-0.2, -0.15) is 8.78 Å². The molecule has 2 atom stereocenters. The van der Waals surface area contributed by atoms with Crippen LogP contribution in [-0.2, 0) is 20.1 Å². The van der Waals surface area contributed by atoms with E-state index in [4.69, 9.17) is 11.6 Å². The maximum atomic E-state index is 14.2. The highest BCUT2D eigenvalue weighted by molar-refractivity contribution is 9.08. The minimum absolute atomic E-state index is 0.269. The highest BCUT2D eigenvalue weighted by Gasteiger charge is 2.54. The summed E-state index contributed by atoms with van der Waals surface area (Å²) in [4.78, 5) is 9.56. The summed E-state index contributed by atoms with van der Waals surface area (Å²) < 4.78 is 44.8. The van der Waals surface area contributed by atoms with Crippen LogP contribution in [-0.4, -0.2) is 11.0 Å². The summed E-state index contributed by atoms with van der Waals surface area (Å²) in [5, 5.41) is 0.174. The SMILES string of the molecule is CCC(C)OP(=O)(O)C(F)(F)c1ccc(CBr)cc1Cl. The van der Waals surface area contributed by atoms with Gasteiger partial charge in [-0.3, -0.25) is 4.57 Å². The van der Waals surface area contributed by atoms with Gasteiger partial charge in [-0.05, 0) is 25.0 Å². The Balaban J connectivity index is 3.18. The Morgan fingerprint density at radius 1 is 1.55 bits per heavy atom. The second kappa shape index (κ2) is 6.84. The first-order chi connectivity index (χ1) is 9.15. The standard InChI is InChI=1S/C12H15BrClF2O3P/c1-3-8(2)19-20(17,18)12(15,16)10-5-4-9(7-13)6-11(10)14/h4-6,8H,3,7H2,1-2H3,(H,17,18). The van der Waals surface area contributed by atoms with Gasteiger partial charge in [0.2, 0.25) is 0 Å². The van der Waals surface area contributed by atoms with Crippen LogP contribution in [0, 0.1) is 0 Å². The zero-order valence-electron chi connectivity index (χ0n) is 10.9. The average molecular weight is 392 g/mol. The topological polar surface area (TPSA) is 46.5 Å². The van der Waals surface area contributed by atoms with Crippen molar-refractivity contribution in [3.63, 3.8) is 0 Å². The molecule has 0 saturated heterocycles. The monoisotopic (exact) mass is 390 g/mol. The lowest BCUT2D eigenvalue weighted by Crippen LogP contribution is -2.19. The van der Waals surface area contributed by atoms with Crippen molar-refractivity contribution in [3.05, 3.63) is 34.3 Å². The van der Waals surface area contributed by atoms with E-state index in [0.717, 1.165) is 6.07 Å². The van der Waals surface area contributed by atoms with E-state index in [1.54, 1.807) is 6.92 Å². The van der Waals surface area contributed by atoms with Crippen molar-refractivity contribution in [1.82, 2.24) is 0 Å². The fourth-order valence-corrected chi connectivity index (χ4v) is 3.43. The molecular weight excluding hydrogens is 376 g/mol. The molecule has 0 bridgehead atoms. The number of hydrogen-bond donors (Lipinski definition) is 1. The van der Waals surface area contributed by atoms with E-state index < -0.39 is 24.9 Å². The molecule has 2 unspecified atom stereocenters. The van der Waals surface area contributed by atoms with E-state index >= 15 is 0 Å².